The number of fused-ring (bicyclic) bond motifs is 4. The molecule has 3 atom stereocenters. The van der Waals surface area contributed by atoms with Crippen molar-refractivity contribution in [3.05, 3.63) is 72.3 Å². The van der Waals surface area contributed by atoms with Gasteiger partial charge in [0.1, 0.15) is 0 Å². The van der Waals surface area contributed by atoms with E-state index in [1.807, 2.05) is 36.4 Å². The Balaban J connectivity index is 1.41. The van der Waals surface area contributed by atoms with Gasteiger partial charge in [-0.3, -0.25) is 0 Å². The zero-order valence-electron chi connectivity index (χ0n) is 14.7. The fourth-order valence-corrected chi connectivity index (χ4v) is 4.84. The van der Waals surface area contributed by atoms with Crippen LogP contribution in [0.25, 0.3) is 21.5 Å². The standard InChI is InChI=1S/C24H22O2/c25-24(26-12-11-18-14-16-9-10-17(18)13-16)23-21-7-3-1-5-19(21)15-20-6-2-4-8-22(20)23/h1-10,15-18H,11-14H2. The van der Waals surface area contributed by atoms with E-state index < -0.39 is 0 Å². The van der Waals surface area contributed by atoms with Gasteiger partial charge >= 0.3 is 5.97 Å². The van der Waals surface area contributed by atoms with E-state index in [4.69, 9.17) is 4.74 Å². The SMILES string of the molecule is O=C(OCCC1CC2C=CC1C2)c1c2ccccc2cc2ccccc12. The van der Waals surface area contributed by atoms with Crippen molar-refractivity contribution >= 4 is 27.5 Å². The molecule has 0 radical (unpaired) electrons. The van der Waals surface area contributed by atoms with Gasteiger partial charge in [0.05, 0.1) is 12.2 Å². The topological polar surface area (TPSA) is 26.3 Å². The van der Waals surface area contributed by atoms with Crippen molar-refractivity contribution in [2.24, 2.45) is 17.8 Å². The van der Waals surface area contributed by atoms with Crippen molar-refractivity contribution in [1.82, 2.24) is 0 Å². The number of hydrogen-bond donors (Lipinski definition) is 0. The van der Waals surface area contributed by atoms with Crippen LogP contribution < -0.4 is 0 Å². The van der Waals surface area contributed by atoms with Gasteiger partial charge in [-0.2, -0.15) is 0 Å². The van der Waals surface area contributed by atoms with E-state index in [0.29, 0.717) is 24.0 Å². The van der Waals surface area contributed by atoms with Crippen LogP contribution in [0.5, 0.6) is 0 Å². The Morgan fingerprint density at radius 1 is 0.923 bits per heavy atom. The lowest BCUT2D eigenvalue weighted by atomic mass is 9.91. The van der Waals surface area contributed by atoms with Crippen molar-refractivity contribution in [3.8, 4) is 0 Å². The van der Waals surface area contributed by atoms with Crippen molar-refractivity contribution in [2.45, 2.75) is 19.3 Å². The summed E-state index contributed by atoms with van der Waals surface area (Å²) in [6.45, 7) is 0.512. The molecule has 2 heteroatoms. The van der Waals surface area contributed by atoms with Gasteiger partial charge < -0.3 is 4.74 Å². The first-order chi connectivity index (χ1) is 12.8. The second-order valence-electron chi connectivity index (χ2n) is 7.66. The van der Waals surface area contributed by atoms with E-state index >= 15 is 0 Å². The Kier molecular flexibility index (Phi) is 3.77. The van der Waals surface area contributed by atoms with E-state index in [-0.39, 0.29) is 5.97 Å². The van der Waals surface area contributed by atoms with Gasteiger partial charge in [0.2, 0.25) is 0 Å². The van der Waals surface area contributed by atoms with Crippen LogP contribution in [0.4, 0.5) is 0 Å². The molecule has 0 spiro atoms. The molecule has 3 aromatic carbocycles. The third kappa shape index (κ3) is 2.61. The van der Waals surface area contributed by atoms with Crippen molar-refractivity contribution in [1.29, 1.82) is 0 Å². The summed E-state index contributed by atoms with van der Waals surface area (Å²) in [5, 5.41) is 4.10. The molecule has 3 unspecified atom stereocenters. The summed E-state index contributed by atoms with van der Waals surface area (Å²) in [7, 11) is 0. The number of carbonyl (C=O) groups is 1. The molecule has 0 saturated heterocycles. The minimum atomic E-state index is -0.198. The maximum Gasteiger partial charge on any atom is 0.339 e. The highest BCUT2D eigenvalue weighted by Crippen LogP contribution is 2.44. The quantitative estimate of drug-likeness (QED) is 0.343. The normalized spacial score (nSPS) is 23.8. The van der Waals surface area contributed by atoms with Crippen LogP contribution in [-0.2, 0) is 4.74 Å². The molecular formula is C24H22O2. The van der Waals surface area contributed by atoms with Crippen LogP contribution in [0, 0.1) is 17.8 Å². The average molecular weight is 342 g/mol. The predicted molar refractivity (Wildman–Crippen MR) is 105 cm³/mol. The lowest BCUT2D eigenvalue weighted by Gasteiger charge is -2.18. The van der Waals surface area contributed by atoms with Gasteiger partial charge in [-0.1, -0.05) is 60.7 Å². The molecule has 2 aliphatic carbocycles. The Morgan fingerprint density at radius 3 is 2.23 bits per heavy atom. The van der Waals surface area contributed by atoms with E-state index in [2.05, 4.69) is 30.4 Å². The number of rotatable bonds is 4. The van der Waals surface area contributed by atoms with Crippen molar-refractivity contribution in [2.75, 3.05) is 6.61 Å². The molecule has 1 fully saturated rings. The van der Waals surface area contributed by atoms with Crippen LogP contribution in [0.2, 0.25) is 0 Å². The monoisotopic (exact) mass is 342 g/mol. The zero-order chi connectivity index (χ0) is 17.5. The summed E-state index contributed by atoms with van der Waals surface area (Å²) in [4.78, 5) is 13.0. The highest BCUT2D eigenvalue weighted by molar-refractivity contribution is 6.16. The summed E-state index contributed by atoms with van der Waals surface area (Å²) in [5.41, 5.74) is 0.700. The minimum Gasteiger partial charge on any atom is -0.462 e. The molecule has 0 heterocycles. The molecule has 2 aliphatic rings. The summed E-state index contributed by atoms with van der Waals surface area (Å²) >= 11 is 0. The molecule has 3 aromatic rings. The Bertz CT molecular complexity index is 963. The van der Waals surface area contributed by atoms with Gasteiger partial charge in [0, 0.05) is 0 Å². The number of ether oxygens (including phenoxy) is 1. The molecule has 2 nitrogen and oxygen atoms in total. The summed E-state index contributed by atoms with van der Waals surface area (Å²) in [5.74, 6) is 1.96. The van der Waals surface area contributed by atoms with E-state index in [1.54, 1.807) is 0 Å². The summed E-state index contributed by atoms with van der Waals surface area (Å²) < 4.78 is 5.75. The van der Waals surface area contributed by atoms with Crippen LogP contribution in [-0.4, -0.2) is 12.6 Å². The Morgan fingerprint density at radius 2 is 1.62 bits per heavy atom. The second-order valence-corrected chi connectivity index (χ2v) is 7.66. The fraction of sp³-hybridized carbons (Fsp3) is 0.292. The molecule has 0 amide bonds. The smallest absolute Gasteiger partial charge is 0.339 e. The van der Waals surface area contributed by atoms with E-state index in [1.165, 1.54) is 12.8 Å². The highest BCUT2D eigenvalue weighted by Gasteiger charge is 2.35. The summed E-state index contributed by atoms with van der Waals surface area (Å²) in [6.07, 6.45) is 8.25. The van der Waals surface area contributed by atoms with Gasteiger partial charge in [0.25, 0.3) is 0 Å². The fourth-order valence-electron chi connectivity index (χ4n) is 4.84. The van der Waals surface area contributed by atoms with Crippen LogP contribution in [0.1, 0.15) is 29.6 Å². The molecule has 0 aliphatic heterocycles. The Labute approximate surface area is 153 Å². The van der Waals surface area contributed by atoms with E-state index in [9.17, 15) is 4.79 Å². The van der Waals surface area contributed by atoms with Gasteiger partial charge in [-0.05, 0) is 64.6 Å². The number of allylic oxidation sites excluding steroid dienone is 2. The molecule has 0 N–H and O–H groups in total. The van der Waals surface area contributed by atoms with Crippen LogP contribution >= 0.6 is 0 Å². The highest BCUT2D eigenvalue weighted by atomic mass is 16.5. The molecular weight excluding hydrogens is 320 g/mol. The number of esters is 1. The van der Waals surface area contributed by atoms with Crippen LogP contribution in [0.3, 0.4) is 0 Å². The lowest BCUT2D eigenvalue weighted by molar-refractivity contribution is 0.0482. The minimum absolute atomic E-state index is 0.198. The average Bonchev–Trinajstić information content (AvgIpc) is 3.29. The van der Waals surface area contributed by atoms with Crippen molar-refractivity contribution in [3.63, 3.8) is 0 Å². The molecule has 1 saturated carbocycles. The second kappa shape index (κ2) is 6.28. The van der Waals surface area contributed by atoms with Gasteiger partial charge in [-0.15, -0.1) is 0 Å². The first-order valence-electron chi connectivity index (χ1n) is 9.55. The number of carbonyl (C=O) groups excluding carboxylic acids is 1. The molecule has 2 bridgehead atoms. The van der Waals surface area contributed by atoms with Gasteiger partial charge in [0.15, 0.2) is 0 Å². The maximum absolute atomic E-state index is 13.0. The molecule has 26 heavy (non-hydrogen) atoms. The Hall–Kier alpha value is -2.61. The largest absolute Gasteiger partial charge is 0.462 e. The lowest BCUT2D eigenvalue weighted by Crippen LogP contribution is -2.14. The predicted octanol–water partition coefficient (Wildman–Crippen LogP) is 5.75. The molecule has 130 valence electrons. The molecule has 0 aromatic heterocycles. The number of benzene rings is 3. The molecule has 5 rings (SSSR count). The van der Waals surface area contributed by atoms with Crippen LogP contribution in [0.15, 0.2) is 66.7 Å². The third-order valence-electron chi connectivity index (χ3n) is 6.11. The van der Waals surface area contributed by atoms with Gasteiger partial charge in [-0.25, -0.2) is 4.79 Å². The first kappa shape index (κ1) is 15.6. The third-order valence-corrected chi connectivity index (χ3v) is 6.11. The first-order valence-corrected chi connectivity index (χ1v) is 9.55. The maximum atomic E-state index is 13.0. The van der Waals surface area contributed by atoms with Crippen molar-refractivity contribution < 1.29 is 9.53 Å². The zero-order valence-corrected chi connectivity index (χ0v) is 14.7. The number of hydrogen-bond acceptors (Lipinski definition) is 2. The van der Waals surface area contributed by atoms with E-state index in [0.717, 1.165) is 33.9 Å². The summed E-state index contributed by atoms with van der Waals surface area (Å²) in [6, 6.07) is 18.3.